The number of amides is 2. The average Bonchev–Trinajstić information content (AvgIpc) is 2.84. The second-order valence-electron chi connectivity index (χ2n) is 4.17. The van der Waals surface area contributed by atoms with Crippen LogP contribution >= 0.6 is 0 Å². The van der Waals surface area contributed by atoms with Gasteiger partial charge in [0, 0.05) is 13.1 Å². The minimum Gasteiger partial charge on any atom is -0.356 e. The van der Waals surface area contributed by atoms with Gasteiger partial charge < -0.3 is 10.6 Å². The van der Waals surface area contributed by atoms with Gasteiger partial charge >= 0.3 is 0 Å². The average molecular weight is 220 g/mol. The first-order valence-electron chi connectivity index (χ1n) is 5.62. The van der Waals surface area contributed by atoms with Gasteiger partial charge in [-0.15, -0.1) is 0 Å². The molecule has 0 bridgehead atoms. The molecule has 2 N–H and O–H groups in total. The lowest BCUT2D eigenvalue weighted by Gasteiger charge is -2.16. The zero-order valence-electron chi connectivity index (χ0n) is 9.16. The van der Waals surface area contributed by atoms with Gasteiger partial charge in [0.05, 0.1) is 11.8 Å². The highest BCUT2D eigenvalue weighted by Crippen LogP contribution is 2.30. The summed E-state index contributed by atoms with van der Waals surface area (Å²) in [5.74, 6) is -0.223. The number of carbonyl (C=O) groups excluding carboxylic acids is 2. The Bertz CT molecular complexity index is 332. The molecule has 0 aromatic carbocycles. The first-order chi connectivity index (χ1) is 7.74. The van der Waals surface area contributed by atoms with Crippen LogP contribution in [0, 0.1) is 11.8 Å². The summed E-state index contributed by atoms with van der Waals surface area (Å²) in [4.78, 5) is 23.3. The Labute approximate surface area is 94.8 Å². The number of nitrogens with one attached hydrogen (secondary N) is 2. The number of allylic oxidation sites excluding steroid dienone is 2. The maximum Gasteiger partial charge on any atom is 0.227 e. The molecule has 0 aromatic rings. The van der Waals surface area contributed by atoms with Gasteiger partial charge in [-0.05, 0) is 18.4 Å². The molecule has 2 fully saturated rings. The van der Waals surface area contributed by atoms with Crippen LogP contribution in [0.1, 0.15) is 12.8 Å². The molecule has 0 saturated carbocycles. The van der Waals surface area contributed by atoms with Crippen molar-refractivity contribution in [2.24, 2.45) is 11.8 Å². The zero-order valence-corrected chi connectivity index (χ0v) is 9.16. The van der Waals surface area contributed by atoms with Gasteiger partial charge in [0.1, 0.15) is 0 Å². The first-order valence-corrected chi connectivity index (χ1v) is 5.62. The van der Waals surface area contributed by atoms with E-state index in [0.29, 0.717) is 13.1 Å². The van der Waals surface area contributed by atoms with E-state index in [-0.39, 0.29) is 23.7 Å². The molecule has 16 heavy (non-hydrogen) atoms. The molecule has 0 spiro atoms. The van der Waals surface area contributed by atoms with Crippen molar-refractivity contribution in [3.05, 3.63) is 24.3 Å². The summed E-state index contributed by atoms with van der Waals surface area (Å²) in [5.41, 5.74) is 0.917. The van der Waals surface area contributed by atoms with Crippen molar-refractivity contribution in [2.45, 2.75) is 12.8 Å². The molecule has 0 radical (unpaired) electrons. The standard InChI is InChI=1S/C12H16N2O2/c1-2-3-8(9-4-6-13-11(9)15)10-5-7-14-12(10)16/h2-3,9-10H,1,4-7H2,(H,13,15)(H,14,16). The van der Waals surface area contributed by atoms with Crippen LogP contribution in [0.3, 0.4) is 0 Å². The topological polar surface area (TPSA) is 58.2 Å². The van der Waals surface area contributed by atoms with E-state index in [1.165, 1.54) is 0 Å². The molecule has 4 nitrogen and oxygen atoms in total. The van der Waals surface area contributed by atoms with Gasteiger partial charge in [-0.3, -0.25) is 9.59 Å². The molecule has 2 saturated heterocycles. The molecule has 0 aromatic heterocycles. The van der Waals surface area contributed by atoms with Crippen molar-refractivity contribution in [3.8, 4) is 0 Å². The van der Waals surface area contributed by atoms with Crippen LogP contribution in [0.4, 0.5) is 0 Å². The van der Waals surface area contributed by atoms with Crippen LogP contribution in [0.15, 0.2) is 24.3 Å². The summed E-state index contributed by atoms with van der Waals surface area (Å²) in [6.07, 6.45) is 5.04. The summed E-state index contributed by atoms with van der Waals surface area (Å²) in [6.45, 7) is 5.05. The van der Waals surface area contributed by atoms with E-state index in [1.54, 1.807) is 6.08 Å². The molecule has 0 aliphatic carbocycles. The van der Waals surface area contributed by atoms with Crippen LogP contribution in [0.5, 0.6) is 0 Å². The highest BCUT2D eigenvalue weighted by molar-refractivity contribution is 5.89. The lowest BCUT2D eigenvalue weighted by Crippen LogP contribution is -2.27. The maximum absolute atomic E-state index is 11.6. The molecule has 2 aliphatic heterocycles. The summed E-state index contributed by atoms with van der Waals surface area (Å²) in [5, 5.41) is 5.60. The molecule has 2 heterocycles. The van der Waals surface area contributed by atoms with E-state index < -0.39 is 0 Å². The fourth-order valence-electron chi connectivity index (χ4n) is 2.44. The molecular formula is C12H16N2O2. The van der Waals surface area contributed by atoms with Gasteiger partial charge in [-0.25, -0.2) is 0 Å². The van der Waals surface area contributed by atoms with E-state index in [2.05, 4.69) is 17.2 Å². The summed E-state index contributed by atoms with van der Waals surface area (Å²) < 4.78 is 0. The SMILES string of the molecule is C=CC=C(C1CCNC1=O)C1CCNC1=O. The highest BCUT2D eigenvalue weighted by atomic mass is 16.2. The van der Waals surface area contributed by atoms with Crippen molar-refractivity contribution in [3.63, 3.8) is 0 Å². The molecule has 2 rings (SSSR count). The number of rotatable bonds is 3. The van der Waals surface area contributed by atoms with Crippen molar-refractivity contribution < 1.29 is 9.59 Å². The van der Waals surface area contributed by atoms with Crippen LogP contribution < -0.4 is 10.6 Å². The predicted molar refractivity (Wildman–Crippen MR) is 60.5 cm³/mol. The van der Waals surface area contributed by atoms with Gasteiger partial charge in [-0.2, -0.15) is 0 Å². The van der Waals surface area contributed by atoms with Crippen LogP contribution in [0.2, 0.25) is 0 Å². The van der Waals surface area contributed by atoms with Crippen molar-refractivity contribution in [1.29, 1.82) is 0 Å². The molecule has 2 amide bonds. The van der Waals surface area contributed by atoms with Crippen molar-refractivity contribution in [1.82, 2.24) is 10.6 Å². The minimum absolute atomic E-state index is 0.0350. The van der Waals surface area contributed by atoms with E-state index in [0.717, 1.165) is 18.4 Å². The first kappa shape index (κ1) is 10.9. The van der Waals surface area contributed by atoms with E-state index in [9.17, 15) is 9.59 Å². The molecule has 86 valence electrons. The Hall–Kier alpha value is -1.58. The van der Waals surface area contributed by atoms with Gasteiger partial charge in [0.25, 0.3) is 0 Å². The number of hydrogen-bond acceptors (Lipinski definition) is 2. The lowest BCUT2D eigenvalue weighted by molar-refractivity contribution is -0.122. The number of hydrogen-bond donors (Lipinski definition) is 2. The predicted octanol–water partition coefficient (Wildman–Crippen LogP) is 0.371. The summed E-state index contributed by atoms with van der Waals surface area (Å²) >= 11 is 0. The Morgan fingerprint density at radius 3 is 1.94 bits per heavy atom. The van der Waals surface area contributed by atoms with Crippen LogP contribution in [0.25, 0.3) is 0 Å². The smallest absolute Gasteiger partial charge is 0.227 e. The molecule has 2 atom stereocenters. The third-order valence-corrected chi connectivity index (χ3v) is 3.21. The second-order valence-corrected chi connectivity index (χ2v) is 4.17. The minimum atomic E-state index is -0.146. The summed E-state index contributed by atoms with van der Waals surface area (Å²) in [6, 6.07) is 0. The molecular weight excluding hydrogens is 204 g/mol. The third-order valence-electron chi connectivity index (χ3n) is 3.21. The van der Waals surface area contributed by atoms with E-state index in [1.807, 2.05) is 6.08 Å². The molecule has 2 aliphatic rings. The van der Waals surface area contributed by atoms with Crippen LogP contribution in [-0.2, 0) is 9.59 Å². The summed E-state index contributed by atoms with van der Waals surface area (Å²) in [7, 11) is 0. The Kier molecular flexibility index (Phi) is 3.08. The van der Waals surface area contributed by atoms with Gasteiger partial charge in [0.2, 0.25) is 11.8 Å². The fourth-order valence-corrected chi connectivity index (χ4v) is 2.44. The lowest BCUT2D eigenvalue weighted by atomic mass is 9.85. The van der Waals surface area contributed by atoms with Gasteiger partial charge in [0.15, 0.2) is 0 Å². The van der Waals surface area contributed by atoms with E-state index in [4.69, 9.17) is 0 Å². The Morgan fingerprint density at radius 1 is 1.12 bits per heavy atom. The molecule has 2 unspecified atom stereocenters. The fraction of sp³-hybridized carbons (Fsp3) is 0.500. The Balaban J connectivity index is 2.23. The largest absolute Gasteiger partial charge is 0.356 e. The normalized spacial score (nSPS) is 28.5. The second kappa shape index (κ2) is 4.51. The quantitative estimate of drug-likeness (QED) is 0.675. The van der Waals surface area contributed by atoms with Crippen molar-refractivity contribution in [2.75, 3.05) is 13.1 Å². The van der Waals surface area contributed by atoms with Crippen molar-refractivity contribution >= 4 is 11.8 Å². The number of carbonyl (C=O) groups is 2. The monoisotopic (exact) mass is 220 g/mol. The third kappa shape index (κ3) is 1.87. The van der Waals surface area contributed by atoms with Gasteiger partial charge in [-0.1, -0.05) is 18.7 Å². The molecule has 4 heteroatoms. The van der Waals surface area contributed by atoms with E-state index >= 15 is 0 Å². The van der Waals surface area contributed by atoms with Crippen LogP contribution in [-0.4, -0.2) is 24.9 Å². The highest BCUT2D eigenvalue weighted by Gasteiger charge is 2.36. The maximum atomic E-state index is 11.6. The Morgan fingerprint density at radius 2 is 1.62 bits per heavy atom. The zero-order chi connectivity index (χ0) is 11.5.